The van der Waals surface area contributed by atoms with E-state index in [-0.39, 0.29) is 12.4 Å². The van der Waals surface area contributed by atoms with Crippen LogP contribution < -0.4 is 12.4 Å². The highest BCUT2D eigenvalue weighted by Crippen LogP contribution is 2.05. The fourth-order valence-electron chi connectivity index (χ4n) is 1.03. The predicted octanol–water partition coefficient (Wildman–Crippen LogP) is 0.761. The minimum atomic E-state index is 0. The summed E-state index contributed by atoms with van der Waals surface area (Å²) in [5, 5.41) is 0. The van der Waals surface area contributed by atoms with Crippen LogP contribution in [0.4, 0.5) is 0 Å². The molecule has 0 atom stereocenters. The minimum Gasteiger partial charge on any atom is -1.00 e. The van der Waals surface area contributed by atoms with Gasteiger partial charge in [-0.2, -0.15) is 0 Å². The van der Waals surface area contributed by atoms with Gasteiger partial charge in [0.1, 0.15) is 0 Å². The first-order valence-electron chi connectivity index (χ1n) is 4.41. The van der Waals surface area contributed by atoms with Crippen LogP contribution in [0.1, 0.15) is 58.8 Å². The quantitative estimate of drug-likeness (QED) is 0.508. The lowest BCUT2D eigenvalue weighted by molar-refractivity contribution is -0.00000214. The molecule has 64 valence electrons. The Morgan fingerprint density at radius 1 is 0.600 bits per heavy atom. The highest BCUT2D eigenvalue weighted by Gasteiger charge is 1.85. The lowest BCUT2D eigenvalue weighted by Crippen LogP contribution is -3.00. The van der Waals surface area contributed by atoms with Crippen molar-refractivity contribution in [2.75, 3.05) is 0 Å². The summed E-state index contributed by atoms with van der Waals surface area (Å²) in [4.78, 5) is 0. The number of hydrogen-bond donors (Lipinski definition) is 0. The summed E-state index contributed by atoms with van der Waals surface area (Å²) in [6.45, 7) is 4.53. The SMILES string of the molecule is CCCCCCCCC.[Cl-]. The Bertz CT molecular complexity index is 38.0. The standard InChI is InChI=1S/C9H20.ClH/c1-3-5-7-9-8-6-4-2;/h3-9H2,1-2H3;1H/p-1. The van der Waals surface area contributed by atoms with Crippen LogP contribution in [0.15, 0.2) is 0 Å². The van der Waals surface area contributed by atoms with Crippen LogP contribution in [0.2, 0.25) is 0 Å². The van der Waals surface area contributed by atoms with Crippen molar-refractivity contribution in [3.8, 4) is 0 Å². The highest BCUT2D eigenvalue weighted by molar-refractivity contribution is 4.41. The van der Waals surface area contributed by atoms with Crippen molar-refractivity contribution < 1.29 is 12.4 Å². The molecule has 0 fully saturated rings. The third kappa shape index (κ3) is 11.1. The highest BCUT2D eigenvalue weighted by atomic mass is 35.5. The van der Waals surface area contributed by atoms with Crippen LogP contribution in [0.5, 0.6) is 0 Å². The van der Waals surface area contributed by atoms with E-state index in [0.717, 1.165) is 0 Å². The molecular formula is C9H20Cl-. The van der Waals surface area contributed by atoms with Crippen molar-refractivity contribution in [3.05, 3.63) is 0 Å². The lowest BCUT2D eigenvalue weighted by atomic mass is 10.1. The maximum atomic E-state index is 2.26. The van der Waals surface area contributed by atoms with Crippen LogP contribution >= 0.6 is 0 Å². The Morgan fingerprint density at radius 3 is 1.20 bits per heavy atom. The van der Waals surface area contributed by atoms with Crippen LogP contribution in [0.3, 0.4) is 0 Å². The second-order valence-electron chi connectivity index (χ2n) is 2.77. The van der Waals surface area contributed by atoms with Gasteiger partial charge in [0.25, 0.3) is 0 Å². The monoisotopic (exact) mass is 163 g/mol. The molecule has 0 aliphatic carbocycles. The van der Waals surface area contributed by atoms with E-state index in [2.05, 4.69) is 13.8 Å². The molecule has 0 nitrogen and oxygen atoms in total. The number of unbranched alkanes of at least 4 members (excludes halogenated alkanes) is 6. The molecule has 0 saturated carbocycles. The van der Waals surface area contributed by atoms with E-state index >= 15 is 0 Å². The number of halogens is 1. The maximum Gasteiger partial charge on any atom is -0.0533 e. The topological polar surface area (TPSA) is 0 Å². The molecule has 0 aliphatic rings. The van der Waals surface area contributed by atoms with Gasteiger partial charge in [0.05, 0.1) is 0 Å². The third-order valence-corrected chi connectivity index (χ3v) is 1.71. The van der Waals surface area contributed by atoms with E-state index in [1.807, 2.05) is 0 Å². The van der Waals surface area contributed by atoms with Crippen molar-refractivity contribution in [2.45, 2.75) is 58.8 Å². The summed E-state index contributed by atoms with van der Waals surface area (Å²) in [6, 6.07) is 0. The molecule has 0 radical (unpaired) electrons. The van der Waals surface area contributed by atoms with Gasteiger partial charge >= 0.3 is 0 Å². The molecule has 0 spiro atoms. The molecule has 0 aromatic carbocycles. The molecule has 0 rings (SSSR count). The van der Waals surface area contributed by atoms with Crippen LogP contribution in [-0.4, -0.2) is 0 Å². The molecule has 0 bridgehead atoms. The summed E-state index contributed by atoms with van der Waals surface area (Å²) in [5.41, 5.74) is 0. The van der Waals surface area contributed by atoms with E-state index in [9.17, 15) is 0 Å². The van der Waals surface area contributed by atoms with Crippen molar-refractivity contribution in [3.63, 3.8) is 0 Å². The van der Waals surface area contributed by atoms with E-state index in [1.165, 1.54) is 44.9 Å². The molecule has 0 amide bonds. The Hall–Kier alpha value is 0.290. The first-order chi connectivity index (χ1) is 4.41. The van der Waals surface area contributed by atoms with Crippen LogP contribution in [-0.2, 0) is 0 Å². The van der Waals surface area contributed by atoms with Gasteiger partial charge in [-0.05, 0) is 0 Å². The van der Waals surface area contributed by atoms with Gasteiger partial charge in [0.15, 0.2) is 0 Å². The van der Waals surface area contributed by atoms with Crippen molar-refractivity contribution in [1.29, 1.82) is 0 Å². The normalized spacial score (nSPS) is 9.00. The van der Waals surface area contributed by atoms with E-state index < -0.39 is 0 Å². The zero-order chi connectivity index (χ0) is 6.95. The van der Waals surface area contributed by atoms with Gasteiger partial charge in [-0.1, -0.05) is 58.8 Å². The van der Waals surface area contributed by atoms with Gasteiger partial charge in [0, 0.05) is 0 Å². The largest absolute Gasteiger partial charge is 1.00 e. The summed E-state index contributed by atoms with van der Waals surface area (Å²) >= 11 is 0. The molecule has 0 aliphatic heterocycles. The first-order valence-corrected chi connectivity index (χ1v) is 4.41. The van der Waals surface area contributed by atoms with Crippen LogP contribution in [0.25, 0.3) is 0 Å². The molecule has 0 unspecified atom stereocenters. The van der Waals surface area contributed by atoms with Crippen molar-refractivity contribution in [2.24, 2.45) is 0 Å². The van der Waals surface area contributed by atoms with E-state index in [4.69, 9.17) is 0 Å². The third-order valence-electron chi connectivity index (χ3n) is 1.71. The zero-order valence-electron chi connectivity index (χ0n) is 7.33. The Morgan fingerprint density at radius 2 is 0.900 bits per heavy atom. The molecule has 0 aromatic heterocycles. The summed E-state index contributed by atoms with van der Waals surface area (Å²) in [7, 11) is 0. The molecule has 10 heavy (non-hydrogen) atoms. The fourth-order valence-corrected chi connectivity index (χ4v) is 1.03. The fraction of sp³-hybridized carbons (Fsp3) is 1.00. The molecule has 1 heteroatoms. The number of rotatable bonds is 6. The second-order valence-corrected chi connectivity index (χ2v) is 2.77. The van der Waals surface area contributed by atoms with Gasteiger partial charge in [-0.3, -0.25) is 0 Å². The van der Waals surface area contributed by atoms with E-state index in [1.54, 1.807) is 0 Å². The molecule has 0 N–H and O–H groups in total. The average Bonchev–Trinajstić information content (AvgIpc) is 1.89. The average molecular weight is 164 g/mol. The van der Waals surface area contributed by atoms with Gasteiger partial charge in [-0.15, -0.1) is 0 Å². The summed E-state index contributed by atoms with van der Waals surface area (Å²) in [6.07, 6.45) is 9.97. The van der Waals surface area contributed by atoms with Gasteiger partial charge in [-0.25, -0.2) is 0 Å². The zero-order valence-corrected chi connectivity index (χ0v) is 8.08. The molecule has 0 aromatic rings. The Labute approximate surface area is 71.8 Å². The predicted molar refractivity (Wildman–Crippen MR) is 43.7 cm³/mol. The first kappa shape index (κ1) is 12.9. The minimum absolute atomic E-state index is 0. The van der Waals surface area contributed by atoms with Gasteiger partial charge < -0.3 is 12.4 Å². The Kier molecular flexibility index (Phi) is 15.5. The molecular weight excluding hydrogens is 144 g/mol. The van der Waals surface area contributed by atoms with Gasteiger partial charge in [0.2, 0.25) is 0 Å². The Balaban J connectivity index is 0. The van der Waals surface area contributed by atoms with Crippen LogP contribution in [0, 0.1) is 0 Å². The summed E-state index contributed by atoms with van der Waals surface area (Å²) < 4.78 is 0. The van der Waals surface area contributed by atoms with Crippen molar-refractivity contribution in [1.82, 2.24) is 0 Å². The van der Waals surface area contributed by atoms with Crippen molar-refractivity contribution >= 4 is 0 Å². The molecule has 0 heterocycles. The van der Waals surface area contributed by atoms with E-state index in [0.29, 0.717) is 0 Å². The number of hydrogen-bond acceptors (Lipinski definition) is 0. The molecule has 0 saturated heterocycles. The lowest BCUT2D eigenvalue weighted by Gasteiger charge is -1.96. The summed E-state index contributed by atoms with van der Waals surface area (Å²) in [5.74, 6) is 0. The second kappa shape index (κ2) is 12.0. The maximum absolute atomic E-state index is 2.26. The smallest absolute Gasteiger partial charge is 0.0533 e.